The number of nitro groups is 1. The average Bonchev–Trinajstić information content (AvgIpc) is 2.92. The number of aryl methyl sites for hydroxylation is 2. The minimum atomic E-state index is -0.484. The highest BCUT2D eigenvalue weighted by Gasteiger charge is 2.40. The fraction of sp³-hybridized carbons (Fsp3) is 0.533. The van der Waals surface area contributed by atoms with Crippen molar-refractivity contribution in [3.05, 3.63) is 33.4 Å². The largest absolute Gasteiger partial charge is 0.329 e. The Morgan fingerprint density at radius 2 is 1.95 bits per heavy atom. The van der Waals surface area contributed by atoms with E-state index in [1.165, 1.54) is 6.07 Å². The molecule has 1 aromatic carbocycles. The number of nitrogens with two attached hydrogens (primary N) is 1. The van der Waals surface area contributed by atoms with Crippen molar-refractivity contribution in [3.8, 4) is 0 Å². The molecule has 1 saturated carbocycles. The van der Waals surface area contributed by atoms with Crippen LogP contribution in [-0.4, -0.2) is 17.4 Å². The highest BCUT2D eigenvalue weighted by Crippen LogP contribution is 2.38. The molecule has 1 amide bonds. The first kappa shape index (κ1) is 15.4. The van der Waals surface area contributed by atoms with Gasteiger partial charge in [-0.2, -0.15) is 0 Å². The minimum absolute atomic E-state index is 0.0694. The Morgan fingerprint density at radius 1 is 1.33 bits per heavy atom. The second-order valence-electron chi connectivity index (χ2n) is 5.86. The lowest BCUT2D eigenvalue weighted by Gasteiger charge is -2.26. The smallest absolute Gasteiger partial charge is 0.272 e. The Bertz CT molecular complexity index is 578. The number of benzene rings is 1. The molecule has 6 nitrogen and oxygen atoms in total. The molecule has 3 N–H and O–H groups in total. The molecule has 0 heterocycles. The Balaban J connectivity index is 2.25. The third kappa shape index (κ3) is 2.90. The lowest BCUT2D eigenvalue weighted by atomic mass is 9.85. The van der Waals surface area contributed by atoms with Gasteiger partial charge in [0, 0.05) is 23.9 Å². The van der Waals surface area contributed by atoms with Gasteiger partial charge in [0.05, 0.1) is 10.3 Å². The number of nitrogens with zero attached hydrogens (tertiary/aromatic N) is 1. The van der Waals surface area contributed by atoms with E-state index >= 15 is 0 Å². The molecule has 1 aliphatic rings. The summed E-state index contributed by atoms with van der Waals surface area (Å²) < 4.78 is 0. The third-order valence-electron chi connectivity index (χ3n) is 4.42. The normalized spacial score (nSPS) is 16.7. The van der Waals surface area contributed by atoms with Crippen molar-refractivity contribution in [2.24, 2.45) is 11.1 Å². The van der Waals surface area contributed by atoms with Gasteiger partial charge in [-0.1, -0.05) is 12.8 Å². The molecule has 0 radical (unpaired) electrons. The number of rotatable bonds is 4. The quantitative estimate of drug-likeness (QED) is 0.658. The molecule has 1 aliphatic carbocycles. The van der Waals surface area contributed by atoms with Crippen molar-refractivity contribution in [2.45, 2.75) is 39.5 Å². The molecule has 0 spiro atoms. The number of carbonyl (C=O) groups excluding carboxylic acids is 1. The fourth-order valence-electron chi connectivity index (χ4n) is 2.96. The highest BCUT2D eigenvalue weighted by atomic mass is 16.6. The van der Waals surface area contributed by atoms with Gasteiger partial charge in [-0.15, -0.1) is 0 Å². The Morgan fingerprint density at radius 3 is 2.48 bits per heavy atom. The number of hydrogen-bond acceptors (Lipinski definition) is 4. The summed E-state index contributed by atoms with van der Waals surface area (Å²) >= 11 is 0. The molecule has 21 heavy (non-hydrogen) atoms. The Kier molecular flexibility index (Phi) is 4.27. The SMILES string of the molecule is Cc1cc([N+](=O)[O-])c(C)cc1NC(=O)C1(CN)CCCC1. The molecule has 114 valence electrons. The van der Waals surface area contributed by atoms with Crippen LogP contribution in [0.5, 0.6) is 0 Å². The van der Waals surface area contributed by atoms with Crippen LogP contribution in [0.1, 0.15) is 36.8 Å². The van der Waals surface area contributed by atoms with Crippen LogP contribution in [0.2, 0.25) is 0 Å². The maximum absolute atomic E-state index is 12.5. The second-order valence-corrected chi connectivity index (χ2v) is 5.86. The Hall–Kier alpha value is -1.95. The molecule has 1 fully saturated rings. The summed E-state index contributed by atoms with van der Waals surface area (Å²) in [4.78, 5) is 23.0. The minimum Gasteiger partial charge on any atom is -0.329 e. The van der Waals surface area contributed by atoms with Crippen molar-refractivity contribution < 1.29 is 9.72 Å². The first-order chi connectivity index (χ1) is 9.89. The van der Waals surface area contributed by atoms with Gasteiger partial charge in [0.15, 0.2) is 0 Å². The zero-order valence-corrected chi connectivity index (χ0v) is 12.4. The third-order valence-corrected chi connectivity index (χ3v) is 4.42. The lowest BCUT2D eigenvalue weighted by Crippen LogP contribution is -2.40. The van der Waals surface area contributed by atoms with E-state index in [1.807, 2.05) is 0 Å². The first-order valence-corrected chi connectivity index (χ1v) is 7.17. The van der Waals surface area contributed by atoms with Gasteiger partial charge in [0.25, 0.3) is 5.69 Å². The van der Waals surface area contributed by atoms with Gasteiger partial charge in [-0.05, 0) is 38.3 Å². The van der Waals surface area contributed by atoms with Crippen LogP contribution >= 0.6 is 0 Å². The molecule has 6 heteroatoms. The standard InChI is InChI=1S/C15H21N3O3/c1-10-8-13(18(20)21)11(2)7-12(10)17-14(19)15(9-16)5-3-4-6-15/h7-8H,3-6,9,16H2,1-2H3,(H,17,19). The Labute approximate surface area is 123 Å². The zero-order chi connectivity index (χ0) is 15.6. The molecule has 1 aromatic rings. The van der Waals surface area contributed by atoms with Gasteiger partial charge in [0.2, 0.25) is 5.91 Å². The van der Waals surface area contributed by atoms with E-state index in [-0.39, 0.29) is 11.6 Å². The summed E-state index contributed by atoms with van der Waals surface area (Å²) in [6.07, 6.45) is 3.65. The summed E-state index contributed by atoms with van der Waals surface area (Å²) in [5, 5.41) is 13.8. The first-order valence-electron chi connectivity index (χ1n) is 7.17. The van der Waals surface area contributed by atoms with E-state index in [1.54, 1.807) is 19.9 Å². The number of carbonyl (C=O) groups is 1. The van der Waals surface area contributed by atoms with Crippen LogP contribution in [0.25, 0.3) is 0 Å². The van der Waals surface area contributed by atoms with Gasteiger partial charge >= 0.3 is 0 Å². The van der Waals surface area contributed by atoms with Crippen LogP contribution in [0.15, 0.2) is 12.1 Å². The zero-order valence-electron chi connectivity index (χ0n) is 12.4. The van der Waals surface area contributed by atoms with E-state index < -0.39 is 10.3 Å². The van der Waals surface area contributed by atoms with E-state index in [0.29, 0.717) is 23.4 Å². The summed E-state index contributed by atoms with van der Waals surface area (Å²) in [5.41, 5.74) is 7.24. The van der Waals surface area contributed by atoms with Crippen LogP contribution in [0, 0.1) is 29.4 Å². The van der Waals surface area contributed by atoms with Gasteiger partial charge < -0.3 is 11.1 Å². The van der Waals surface area contributed by atoms with Crippen LogP contribution in [0.4, 0.5) is 11.4 Å². The van der Waals surface area contributed by atoms with E-state index in [4.69, 9.17) is 5.73 Å². The average molecular weight is 291 g/mol. The van der Waals surface area contributed by atoms with Crippen molar-refractivity contribution in [2.75, 3.05) is 11.9 Å². The second kappa shape index (κ2) is 5.81. The lowest BCUT2D eigenvalue weighted by molar-refractivity contribution is -0.385. The van der Waals surface area contributed by atoms with E-state index in [9.17, 15) is 14.9 Å². The van der Waals surface area contributed by atoms with Crippen LogP contribution in [-0.2, 0) is 4.79 Å². The van der Waals surface area contributed by atoms with Gasteiger partial charge in [0.1, 0.15) is 0 Å². The van der Waals surface area contributed by atoms with Crippen molar-refractivity contribution in [1.29, 1.82) is 0 Å². The molecule has 0 saturated heterocycles. The fourth-order valence-corrected chi connectivity index (χ4v) is 2.96. The topological polar surface area (TPSA) is 98.3 Å². The van der Waals surface area contributed by atoms with Crippen molar-refractivity contribution in [1.82, 2.24) is 0 Å². The number of nitrogens with one attached hydrogen (secondary N) is 1. The van der Waals surface area contributed by atoms with Gasteiger partial charge in [-0.25, -0.2) is 0 Å². The van der Waals surface area contributed by atoms with E-state index in [0.717, 1.165) is 25.7 Å². The molecule has 0 unspecified atom stereocenters. The van der Waals surface area contributed by atoms with Crippen molar-refractivity contribution in [3.63, 3.8) is 0 Å². The maximum atomic E-state index is 12.5. The van der Waals surface area contributed by atoms with Gasteiger partial charge in [-0.3, -0.25) is 14.9 Å². The molecule has 0 aromatic heterocycles. The summed E-state index contributed by atoms with van der Waals surface area (Å²) in [5.74, 6) is -0.0705. The monoisotopic (exact) mass is 291 g/mol. The van der Waals surface area contributed by atoms with Crippen LogP contribution in [0.3, 0.4) is 0 Å². The predicted octanol–water partition coefficient (Wildman–Crippen LogP) is 2.67. The number of anilines is 1. The van der Waals surface area contributed by atoms with E-state index in [2.05, 4.69) is 5.32 Å². The predicted molar refractivity (Wildman–Crippen MR) is 81.2 cm³/mol. The molecule has 2 rings (SSSR count). The summed E-state index contributed by atoms with van der Waals surface area (Å²) in [6, 6.07) is 3.15. The summed E-state index contributed by atoms with van der Waals surface area (Å²) in [7, 11) is 0. The number of amides is 1. The highest BCUT2D eigenvalue weighted by molar-refractivity contribution is 5.96. The van der Waals surface area contributed by atoms with Crippen molar-refractivity contribution >= 4 is 17.3 Å². The van der Waals surface area contributed by atoms with Crippen LogP contribution < -0.4 is 11.1 Å². The molecule has 0 bridgehead atoms. The summed E-state index contributed by atoms with van der Waals surface area (Å²) in [6.45, 7) is 3.76. The molecular weight excluding hydrogens is 270 g/mol. The molecule has 0 atom stereocenters. The molecular formula is C15H21N3O3. The number of hydrogen-bond donors (Lipinski definition) is 2. The number of nitro benzene ring substituents is 1. The maximum Gasteiger partial charge on any atom is 0.272 e. The molecule has 0 aliphatic heterocycles.